The Morgan fingerprint density at radius 2 is 2.00 bits per heavy atom. The summed E-state index contributed by atoms with van der Waals surface area (Å²) in [5, 5.41) is 8.19. The highest BCUT2D eigenvalue weighted by molar-refractivity contribution is 5.78. The van der Waals surface area contributed by atoms with Gasteiger partial charge in [-0.05, 0) is 32.4 Å². The molecule has 0 aliphatic rings. The lowest BCUT2D eigenvalue weighted by molar-refractivity contribution is 0.0881. The molecule has 118 valence electrons. The number of nitrogens with zero attached hydrogens (tertiary/aromatic N) is 4. The molecule has 6 heteroatoms. The number of benzene rings is 1. The smallest absolute Gasteiger partial charge is 0.247 e. The van der Waals surface area contributed by atoms with Crippen LogP contribution >= 0.6 is 0 Å². The Bertz CT molecular complexity index is 848. The van der Waals surface area contributed by atoms with E-state index in [9.17, 15) is 4.79 Å². The largest absolute Gasteiger partial charge is 0.339 e. The summed E-state index contributed by atoms with van der Waals surface area (Å²) >= 11 is 0. The molecule has 2 aromatic heterocycles. The summed E-state index contributed by atoms with van der Waals surface area (Å²) in [7, 11) is 0. The van der Waals surface area contributed by atoms with Crippen LogP contribution in [-0.4, -0.2) is 25.8 Å². The van der Waals surface area contributed by atoms with Gasteiger partial charge in [0.15, 0.2) is 0 Å². The molecule has 0 unspecified atom stereocenters. The molecule has 2 heterocycles. The molecule has 0 amide bonds. The van der Waals surface area contributed by atoms with Crippen LogP contribution in [-0.2, 0) is 6.42 Å². The molecule has 3 aromatic rings. The van der Waals surface area contributed by atoms with Crippen LogP contribution in [0, 0.1) is 20.8 Å². The van der Waals surface area contributed by atoms with Crippen molar-refractivity contribution in [3.05, 3.63) is 53.2 Å². The average Bonchev–Trinajstić information content (AvgIpc) is 3.12. The Hall–Kier alpha value is -2.76. The van der Waals surface area contributed by atoms with E-state index in [0.717, 1.165) is 22.5 Å². The maximum Gasteiger partial charge on any atom is 0.247 e. The quantitative estimate of drug-likeness (QED) is 0.740. The summed E-state index contributed by atoms with van der Waals surface area (Å²) in [5.41, 5.74) is 3.68. The van der Waals surface area contributed by atoms with E-state index in [-0.39, 0.29) is 12.3 Å². The predicted octanol–water partition coefficient (Wildman–Crippen LogP) is 3.13. The number of hydrogen-bond donors (Lipinski definition) is 0. The molecule has 1 aromatic carbocycles. The first-order valence-electron chi connectivity index (χ1n) is 7.49. The van der Waals surface area contributed by atoms with Crippen molar-refractivity contribution in [2.24, 2.45) is 0 Å². The van der Waals surface area contributed by atoms with Gasteiger partial charge >= 0.3 is 0 Å². The molecular weight excluding hydrogens is 292 g/mol. The Balaban J connectivity index is 1.69. The Kier molecular flexibility index (Phi) is 4.06. The van der Waals surface area contributed by atoms with Crippen LogP contribution in [0.25, 0.3) is 11.4 Å². The maximum atomic E-state index is 12.2. The first-order valence-corrected chi connectivity index (χ1v) is 7.49. The van der Waals surface area contributed by atoms with Crippen molar-refractivity contribution in [2.45, 2.75) is 33.6 Å². The van der Waals surface area contributed by atoms with Gasteiger partial charge in [-0.3, -0.25) is 4.79 Å². The molecule has 6 nitrogen and oxygen atoms in total. The monoisotopic (exact) mass is 310 g/mol. The maximum absolute atomic E-state index is 12.2. The van der Waals surface area contributed by atoms with Crippen molar-refractivity contribution in [1.29, 1.82) is 0 Å². The summed E-state index contributed by atoms with van der Waals surface area (Å²) in [5.74, 6) is 0.932. The molecule has 3 rings (SSSR count). The van der Waals surface area contributed by atoms with Gasteiger partial charge in [0.2, 0.25) is 17.6 Å². The predicted molar refractivity (Wildman–Crippen MR) is 85.1 cm³/mol. The third-order valence-corrected chi connectivity index (χ3v) is 3.65. The van der Waals surface area contributed by atoms with Crippen LogP contribution in [0.1, 0.15) is 34.1 Å². The van der Waals surface area contributed by atoms with E-state index in [1.807, 2.05) is 51.1 Å². The van der Waals surface area contributed by atoms with Gasteiger partial charge in [0.25, 0.3) is 0 Å². The van der Waals surface area contributed by atoms with Gasteiger partial charge in [-0.1, -0.05) is 29.4 Å². The van der Waals surface area contributed by atoms with Gasteiger partial charge in [-0.25, -0.2) is 4.68 Å². The zero-order valence-electron chi connectivity index (χ0n) is 13.4. The van der Waals surface area contributed by atoms with Gasteiger partial charge in [-0.2, -0.15) is 10.1 Å². The minimum Gasteiger partial charge on any atom is -0.339 e. The van der Waals surface area contributed by atoms with Crippen molar-refractivity contribution >= 4 is 5.91 Å². The third-order valence-electron chi connectivity index (χ3n) is 3.65. The SMILES string of the molecule is Cc1cc(C)n(C(=O)CCc2nc(-c3ccccc3C)no2)n1. The molecule has 0 atom stereocenters. The molecule has 0 saturated heterocycles. The van der Waals surface area contributed by atoms with E-state index >= 15 is 0 Å². The van der Waals surface area contributed by atoms with Gasteiger partial charge in [-0.15, -0.1) is 0 Å². The van der Waals surface area contributed by atoms with Crippen LogP contribution < -0.4 is 0 Å². The van der Waals surface area contributed by atoms with Crippen molar-refractivity contribution in [1.82, 2.24) is 19.9 Å². The number of carbonyl (C=O) groups is 1. The molecule has 23 heavy (non-hydrogen) atoms. The van der Waals surface area contributed by atoms with Gasteiger partial charge in [0.1, 0.15) is 0 Å². The molecular formula is C17H18N4O2. The minimum absolute atomic E-state index is 0.0776. The number of carbonyl (C=O) groups excluding carboxylic acids is 1. The standard InChI is InChI=1S/C17H18N4O2/c1-11-6-4-5-7-14(11)17-18-15(23-20-17)8-9-16(22)21-13(3)10-12(2)19-21/h4-7,10H,8-9H2,1-3H3. The van der Waals surface area contributed by atoms with Crippen molar-refractivity contribution in [3.8, 4) is 11.4 Å². The fraction of sp³-hybridized carbons (Fsp3) is 0.294. The van der Waals surface area contributed by atoms with Gasteiger partial charge in [0.05, 0.1) is 5.69 Å². The van der Waals surface area contributed by atoms with E-state index < -0.39 is 0 Å². The number of rotatable bonds is 4. The zero-order chi connectivity index (χ0) is 16.4. The minimum atomic E-state index is -0.0776. The number of hydrogen-bond acceptors (Lipinski definition) is 5. The fourth-order valence-corrected chi connectivity index (χ4v) is 2.49. The third kappa shape index (κ3) is 3.21. The van der Waals surface area contributed by atoms with Crippen LogP contribution in [0.2, 0.25) is 0 Å². The number of aryl methyl sites for hydroxylation is 4. The Morgan fingerprint density at radius 3 is 2.70 bits per heavy atom. The summed E-state index contributed by atoms with van der Waals surface area (Å²) in [4.78, 5) is 16.6. The van der Waals surface area contributed by atoms with Gasteiger partial charge < -0.3 is 4.52 Å². The topological polar surface area (TPSA) is 73.8 Å². The summed E-state index contributed by atoms with van der Waals surface area (Å²) in [6.45, 7) is 5.72. The Labute approximate surface area is 134 Å². The highest BCUT2D eigenvalue weighted by Gasteiger charge is 2.14. The fourth-order valence-electron chi connectivity index (χ4n) is 2.49. The van der Waals surface area contributed by atoms with Gasteiger partial charge in [0, 0.05) is 24.1 Å². The lowest BCUT2D eigenvalue weighted by atomic mass is 10.1. The molecule has 0 radical (unpaired) electrons. The Morgan fingerprint density at radius 1 is 1.22 bits per heavy atom. The van der Waals surface area contributed by atoms with Crippen LogP contribution in [0.15, 0.2) is 34.9 Å². The molecule has 0 spiro atoms. The summed E-state index contributed by atoms with van der Waals surface area (Å²) in [6, 6.07) is 9.72. The lowest BCUT2D eigenvalue weighted by Gasteiger charge is -2.00. The zero-order valence-corrected chi connectivity index (χ0v) is 13.4. The first kappa shape index (κ1) is 15.1. The second-order valence-corrected chi connectivity index (χ2v) is 5.56. The van der Waals surface area contributed by atoms with E-state index in [4.69, 9.17) is 4.52 Å². The highest BCUT2D eigenvalue weighted by atomic mass is 16.5. The van der Waals surface area contributed by atoms with E-state index in [2.05, 4.69) is 15.2 Å². The van der Waals surface area contributed by atoms with E-state index in [1.54, 1.807) is 0 Å². The second-order valence-electron chi connectivity index (χ2n) is 5.56. The van der Waals surface area contributed by atoms with Crippen LogP contribution in [0.3, 0.4) is 0 Å². The molecule has 0 N–H and O–H groups in total. The van der Waals surface area contributed by atoms with E-state index in [1.165, 1.54) is 4.68 Å². The normalized spacial score (nSPS) is 10.9. The molecule has 0 saturated carbocycles. The van der Waals surface area contributed by atoms with Crippen LogP contribution in [0.5, 0.6) is 0 Å². The first-order chi connectivity index (χ1) is 11.0. The van der Waals surface area contributed by atoms with E-state index in [0.29, 0.717) is 18.1 Å². The average molecular weight is 310 g/mol. The van der Waals surface area contributed by atoms with Crippen LogP contribution in [0.4, 0.5) is 0 Å². The molecule has 0 bridgehead atoms. The van der Waals surface area contributed by atoms with Crippen molar-refractivity contribution in [2.75, 3.05) is 0 Å². The summed E-state index contributed by atoms with van der Waals surface area (Å²) in [6.07, 6.45) is 0.674. The van der Waals surface area contributed by atoms with Crippen molar-refractivity contribution in [3.63, 3.8) is 0 Å². The second kappa shape index (κ2) is 6.16. The molecule has 0 aliphatic heterocycles. The van der Waals surface area contributed by atoms with Crippen molar-refractivity contribution < 1.29 is 9.32 Å². The molecule has 0 fully saturated rings. The number of aromatic nitrogens is 4. The lowest BCUT2D eigenvalue weighted by Crippen LogP contribution is -2.14. The summed E-state index contributed by atoms with van der Waals surface area (Å²) < 4.78 is 6.68. The molecule has 0 aliphatic carbocycles. The highest BCUT2D eigenvalue weighted by Crippen LogP contribution is 2.20.